The van der Waals surface area contributed by atoms with Crippen molar-refractivity contribution in [1.29, 1.82) is 0 Å². The Morgan fingerprint density at radius 3 is 2.76 bits per heavy atom. The molecule has 7 heteroatoms. The zero-order valence-electron chi connectivity index (χ0n) is 19.5. The topological polar surface area (TPSA) is 54.4 Å². The van der Waals surface area contributed by atoms with Gasteiger partial charge in [0.1, 0.15) is 11.6 Å². The molecule has 172 valence electrons. The van der Waals surface area contributed by atoms with Crippen molar-refractivity contribution in [3.63, 3.8) is 0 Å². The molecule has 1 unspecified atom stereocenters. The summed E-state index contributed by atoms with van der Waals surface area (Å²) in [6, 6.07) is 8.58. The molecule has 1 saturated heterocycles. The van der Waals surface area contributed by atoms with Gasteiger partial charge in [-0.2, -0.15) is 0 Å². The molecule has 3 aromatic heterocycles. The summed E-state index contributed by atoms with van der Waals surface area (Å²) in [7, 11) is 0. The van der Waals surface area contributed by atoms with Crippen LogP contribution in [0.2, 0.25) is 5.02 Å². The van der Waals surface area contributed by atoms with Crippen LogP contribution in [0.15, 0.2) is 36.7 Å². The number of nitrogens with zero attached hydrogens (tertiary/aromatic N) is 5. The van der Waals surface area contributed by atoms with Gasteiger partial charge in [-0.1, -0.05) is 23.7 Å². The highest BCUT2D eigenvalue weighted by molar-refractivity contribution is 6.33. The van der Waals surface area contributed by atoms with Crippen LogP contribution in [0.3, 0.4) is 0 Å². The number of hydrogen-bond acceptors (Lipinski definition) is 6. The molecule has 1 atom stereocenters. The van der Waals surface area contributed by atoms with Gasteiger partial charge in [-0.25, -0.2) is 9.97 Å². The van der Waals surface area contributed by atoms with E-state index < -0.39 is 0 Å². The summed E-state index contributed by atoms with van der Waals surface area (Å²) < 4.78 is 5.80. The van der Waals surface area contributed by atoms with E-state index in [1.165, 1.54) is 11.3 Å². The standard InChI is InChI=1S/C26H30ClN5O/c1-17-11-18(2)26(29-13-17)21-12-25(28-14-22(21)27)32-9-7-23-20(16-32)5-6-24(30-23)31-8-4-10-33-19(3)15-31/h5-6,11-14,19H,4,7-10,15-16H2,1-3H3. The maximum atomic E-state index is 6.53. The van der Waals surface area contributed by atoms with E-state index in [-0.39, 0.29) is 6.10 Å². The first-order valence-electron chi connectivity index (χ1n) is 11.7. The van der Waals surface area contributed by atoms with Crippen molar-refractivity contribution in [2.75, 3.05) is 36.0 Å². The minimum atomic E-state index is 0.234. The highest BCUT2D eigenvalue weighted by Gasteiger charge is 2.23. The van der Waals surface area contributed by atoms with Gasteiger partial charge in [0.25, 0.3) is 0 Å². The van der Waals surface area contributed by atoms with Gasteiger partial charge in [-0.15, -0.1) is 0 Å². The van der Waals surface area contributed by atoms with Crippen molar-refractivity contribution in [2.24, 2.45) is 0 Å². The van der Waals surface area contributed by atoms with Crippen molar-refractivity contribution in [2.45, 2.75) is 46.3 Å². The number of fused-ring (bicyclic) bond motifs is 1. The summed E-state index contributed by atoms with van der Waals surface area (Å²) in [6.45, 7) is 10.6. The Balaban J connectivity index is 1.38. The fourth-order valence-corrected chi connectivity index (χ4v) is 4.95. The molecule has 0 amide bonds. The van der Waals surface area contributed by atoms with Crippen molar-refractivity contribution >= 4 is 23.2 Å². The number of pyridine rings is 3. The van der Waals surface area contributed by atoms with Crippen molar-refractivity contribution in [1.82, 2.24) is 15.0 Å². The lowest BCUT2D eigenvalue weighted by atomic mass is 10.0. The normalized spacial score (nSPS) is 18.7. The molecule has 0 radical (unpaired) electrons. The molecule has 0 aliphatic carbocycles. The lowest BCUT2D eigenvalue weighted by Crippen LogP contribution is -2.34. The molecular formula is C26H30ClN5O. The van der Waals surface area contributed by atoms with Gasteiger partial charge in [0.15, 0.2) is 0 Å². The Morgan fingerprint density at radius 2 is 1.91 bits per heavy atom. The molecule has 0 N–H and O–H groups in total. The smallest absolute Gasteiger partial charge is 0.129 e. The Hall–Kier alpha value is -2.70. The van der Waals surface area contributed by atoms with Crippen LogP contribution in [0.1, 0.15) is 35.7 Å². The SMILES string of the molecule is Cc1cnc(-c2cc(N3CCc4nc(N5CCCOC(C)C5)ccc4C3)ncc2Cl)c(C)c1. The van der Waals surface area contributed by atoms with Crippen LogP contribution in [0, 0.1) is 13.8 Å². The zero-order valence-corrected chi connectivity index (χ0v) is 20.3. The quantitative estimate of drug-likeness (QED) is 0.545. The summed E-state index contributed by atoms with van der Waals surface area (Å²) in [4.78, 5) is 19.0. The van der Waals surface area contributed by atoms with Crippen LogP contribution >= 0.6 is 11.6 Å². The second kappa shape index (κ2) is 9.27. The van der Waals surface area contributed by atoms with E-state index in [0.29, 0.717) is 5.02 Å². The van der Waals surface area contributed by atoms with Crippen LogP contribution in [0.25, 0.3) is 11.3 Å². The molecule has 1 fully saturated rings. The second-order valence-electron chi connectivity index (χ2n) is 9.13. The Bertz CT molecular complexity index is 1170. The van der Waals surface area contributed by atoms with Gasteiger partial charge in [0.05, 0.1) is 16.8 Å². The van der Waals surface area contributed by atoms with Crippen LogP contribution in [0.4, 0.5) is 11.6 Å². The molecule has 5 rings (SSSR count). The first kappa shape index (κ1) is 22.1. The Morgan fingerprint density at radius 1 is 1.03 bits per heavy atom. The molecule has 6 nitrogen and oxygen atoms in total. The van der Waals surface area contributed by atoms with Crippen LogP contribution < -0.4 is 9.80 Å². The highest BCUT2D eigenvalue weighted by atomic mass is 35.5. The maximum absolute atomic E-state index is 6.53. The first-order chi connectivity index (χ1) is 16.0. The van der Waals surface area contributed by atoms with E-state index >= 15 is 0 Å². The number of hydrogen-bond donors (Lipinski definition) is 0. The number of ether oxygens (including phenoxy) is 1. The monoisotopic (exact) mass is 463 g/mol. The molecular weight excluding hydrogens is 434 g/mol. The molecule has 2 aliphatic heterocycles. The van der Waals surface area contributed by atoms with E-state index in [1.807, 2.05) is 6.20 Å². The molecule has 0 saturated carbocycles. The number of aryl methyl sites for hydroxylation is 2. The average Bonchev–Trinajstić information content (AvgIpc) is 3.03. The van der Waals surface area contributed by atoms with Gasteiger partial charge >= 0.3 is 0 Å². The fourth-order valence-electron chi connectivity index (χ4n) is 4.76. The van der Waals surface area contributed by atoms with Crippen molar-refractivity contribution in [3.8, 4) is 11.3 Å². The zero-order chi connectivity index (χ0) is 22.9. The molecule has 0 aromatic carbocycles. The van der Waals surface area contributed by atoms with Crippen molar-refractivity contribution < 1.29 is 4.74 Å². The second-order valence-corrected chi connectivity index (χ2v) is 9.54. The summed E-state index contributed by atoms with van der Waals surface area (Å²) in [5.74, 6) is 1.98. The lowest BCUT2D eigenvalue weighted by Gasteiger charge is -2.31. The molecule has 3 aromatic rings. The summed E-state index contributed by atoms with van der Waals surface area (Å²) in [5.41, 5.74) is 6.54. The predicted molar refractivity (Wildman–Crippen MR) is 133 cm³/mol. The van der Waals surface area contributed by atoms with E-state index in [9.17, 15) is 0 Å². The molecule has 0 bridgehead atoms. The summed E-state index contributed by atoms with van der Waals surface area (Å²) >= 11 is 6.53. The number of anilines is 2. The molecule has 0 spiro atoms. The highest BCUT2D eigenvalue weighted by Crippen LogP contribution is 2.33. The minimum absolute atomic E-state index is 0.234. The molecule has 5 heterocycles. The van der Waals surface area contributed by atoms with Crippen LogP contribution in [0.5, 0.6) is 0 Å². The predicted octanol–water partition coefficient (Wildman–Crippen LogP) is 4.99. The van der Waals surface area contributed by atoms with Gasteiger partial charge in [0, 0.05) is 62.9 Å². The van der Waals surface area contributed by atoms with Gasteiger partial charge in [-0.3, -0.25) is 4.98 Å². The number of halogens is 1. The summed E-state index contributed by atoms with van der Waals surface area (Å²) in [6.07, 6.45) is 5.79. The average molecular weight is 464 g/mol. The maximum Gasteiger partial charge on any atom is 0.129 e. The van der Waals surface area contributed by atoms with Crippen LogP contribution in [-0.2, 0) is 17.7 Å². The van der Waals surface area contributed by atoms with E-state index in [2.05, 4.69) is 64.8 Å². The van der Waals surface area contributed by atoms with E-state index in [1.54, 1.807) is 6.20 Å². The third-order valence-electron chi connectivity index (χ3n) is 6.44. The third-order valence-corrected chi connectivity index (χ3v) is 6.75. The lowest BCUT2D eigenvalue weighted by molar-refractivity contribution is 0.0820. The third kappa shape index (κ3) is 4.68. The number of aromatic nitrogens is 3. The Labute approximate surface area is 200 Å². The first-order valence-corrected chi connectivity index (χ1v) is 12.0. The van der Waals surface area contributed by atoms with E-state index in [4.69, 9.17) is 21.3 Å². The Kier molecular flexibility index (Phi) is 6.21. The van der Waals surface area contributed by atoms with Crippen molar-refractivity contribution in [3.05, 3.63) is 64.1 Å². The fraction of sp³-hybridized carbons (Fsp3) is 0.423. The van der Waals surface area contributed by atoms with Gasteiger partial charge in [-0.05, 0) is 56.0 Å². The van der Waals surface area contributed by atoms with E-state index in [0.717, 1.165) is 79.6 Å². The van der Waals surface area contributed by atoms with Crippen LogP contribution in [-0.4, -0.2) is 47.3 Å². The molecule has 2 aliphatic rings. The summed E-state index contributed by atoms with van der Waals surface area (Å²) in [5, 5.41) is 0.623. The largest absolute Gasteiger partial charge is 0.377 e. The minimum Gasteiger partial charge on any atom is -0.377 e. The van der Waals surface area contributed by atoms with Gasteiger partial charge in [0.2, 0.25) is 0 Å². The van der Waals surface area contributed by atoms with Gasteiger partial charge < -0.3 is 14.5 Å². The number of rotatable bonds is 3. The molecule has 33 heavy (non-hydrogen) atoms.